The quantitative estimate of drug-likeness (QED) is 0.783. The molecule has 0 aliphatic carbocycles. The van der Waals surface area contributed by atoms with Crippen molar-refractivity contribution in [1.29, 1.82) is 0 Å². The van der Waals surface area contributed by atoms with Gasteiger partial charge in [-0.3, -0.25) is 4.79 Å². The van der Waals surface area contributed by atoms with Crippen LogP contribution < -0.4 is 14.8 Å². The van der Waals surface area contributed by atoms with E-state index < -0.39 is 6.10 Å². The molecule has 3 aromatic rings. The number of hydrogen-bond acceptors (Lipinski definition) is 5. The van der Waals surface area contributed by atoms with Gasteiger partial charge in [0.1, 0.15) is 12.3 Å². The minimum absolute atomic E-state index is 0.177. The number of fused-ring (bicyclic) bond motifs is 1. The summed E-state index contributed by atoms with van der Waals surface area (Å²) in [6, 6.07) is 17.1. The van der Waals surface area contributed by atoms with Crippen LogP contribution in [-0.4, -0.2) is 23.8 Å². The zero-order valence-corrected chi connectivity index (χ0v) is 14.3. The van der Waals surface area contributed by atoms with E-state index >= 15 is 0 Å². The van der Waals surface area contributed by atoms with Gasteiger partial charge in [0.15, 0.2) is 17.3 Å². The highest BCUT2D eigenvalue weighted by molar-refractivity contribution is 5.81. The van der Waals surface area contributed by atoms with Crippen LogP contribution in [0.25, 0.3) is 11.3 Å². The highest BCUT2D eigenvalue weighted by Crippen LogP contribution is 2.30. The number of amides is 1. The molecule has 1 aromatic heterocycles. The predicted molar refractivity (Wildman–Crippen MR) is 94.9 cm³/mol. The van der Waals surface area contributed by atoms with Gasteiger partial charge in [-0.25, -0.2) is 0 Å². The van der Waals surface area contributed by atoms with Crippen molar-refractivity contribution in [2.45, 2.75) is 19.6 Å². The minimum Gasteiger partial charge on any atom is -0.485 e. The van der Waals surface area contributed by atoms with E-state index in [1.807, 2.05) is 55.5 Å². The maximum absolute atomic E-state index is 12.3. The van der Waals surface area contributed by atoms with E-state index in [0.717, 1.165) is 5.56 Å². The molecular weight excluding hydrogens is 332 g/mol. The summed E-state index contributed by atoms with van der Waals surface area (Å²) in [5, 5.41) is 6.81. The third-order valence-corrected chi connectivity index (χ3v) is 4.14. The number of benzene rings is 2. The molecule has 6 nitrogen and oxygen atoms in total. The Kier molecular flexibility index (Phi) is 4.31. The van der Waals surface area contributed by atoms with E-state index in [1.54, 1.807) is 6.07 Å². The Hall–Kier alpha value is -3.28. The van der Waals surface area contributed by atoms with Gasteiger partial charge in [-0.15, -0.1) is 0 Å². The van der Waals surface area contributed by atoms with Gasteiger partial charge in [0.05, 0.1) is 6.54 Å². The van der Waals surface area contributed by atoms with E-state index in [4.69, 9.17) is 14.0 Å². The normalized spacial score (nSPS) is 15.5. The number of para-hydroxylation sites is 2. The Balaban J connectivity index is 1.36. The molecular formula is C20H18N2O4. The summed E-state index contributed by atoms with van der Waals surface area (Å²) in [4.78, 5) is 12.3. The average molecular weight is 350 g/mol. The molecule has 26 heavy (non-hydrogen) atoms. The predicted octanol–water partition coefficient (Wildman–Crippen LogP) is 3.11. The number of hydrogen-bond donors (Lipinski definition) is 1. The lowest BCUT2D eigenvalue weighted by Crippen LogP contribution is -2.43. The Morgan fingerprint density at radius 3 is 2.73 bits per heavy atom. The number of aromatic nitrogens is 1. The fraction of sp³-hybridized carbons (Fsp3) is 0.200. The third kappa shape index (κ3) is 3.39. The van der Waals surface area contributed by atoms with Crippen LogP contribution in [0.3, 0.4) is 0 Å². The second kappa shape index (κ2) is 6.92. The molecule has 2 aromatic carbocycles. The fourth-order valence-electron chi connectivity index (χ4n) is 2.69. The molecule has 0 fully saturated rings. The van der Waals surface area contributed by atoms with E-state index in [2.05, 4.69) is 10.5 Å². The summed E-state index contributed by atoms with van der Waals surface area (Å²) in [5.74, 6) is 1.64. The summed E-state index contributed by atoms with van der Waals surface area (Å²) in [6.45, 7) is 2.46. The van der Waals surface area contributed by atoms with Crippen molar-refractivity contribution in [2.75, 3.05) is 6.61 Å². The maximum Gasteiger partial charge on any atom is 0.265 e. The van der Waals surface area contributed by atoms with Gasteiger partial charge >= 0.3 is 0 Å². The van der Waals surface area contributed by atoms with Crippen molar-refractivity contribution in [3.05, 3.63) is 65.9 Å². The number of aryl methyl sites for hydroxylation is 1. The van der Waals surface area contributed by atoms with E-state index in [-0.39, 0.29) is 19.1 Å². The van der Waals surface area contributed by atoms with Crippen LogP contribution in [0.2, 0.25) is 0 Å². The lowest BCUT2D eigenvalue weighted by Gasteiger charge is -2.25. The van der Waals surface area contributed by atoms with E-state index in [9.17, 15) is 4.79 Å². The first-order valence-electron chi connectivity index (χ1n) is 8.38. The van der Waals surface area contributed by atoms with Gasteiger partial charge in [-0.1, -0.05) is 47.1 Å². The van der Waals surface area contributed by atoms with E-state index in [1.165, 1.54) is 5.56 Å². The van der Waals surface area contributed by atoms with Crippen molar-refractivity contribution < 1.29 is 18.8 Å². The lowest BCUT2D eigenvalue weighted by molar-refractivity contribution is -0.130. The summed E-state index contributed by atoms with van der Waals surface area (Å²) >= 11 is 0. The molecule has 132 valence electrons. The second-order valence-corrected chi connectivity index (χ2v) is 6.13. The molecule has 0 radical (unpaired) electrons. The van der Waals surface area contributed by atoms with Crippen LogP contribution in [-0.2, 0) is 11.3 Å². The zero-order chi connectivity index (χ0) is 17.9. The molecule has 0 bridgehead atoms. The number of nitrogens with one attached hydrogen (secondary N) is 1. The number of nitrogens with zero attached hydrogens (tertiary/aromatic N) is 1. The first-order chi connectivity index (χ1) is 12.7. The number of rotatable bonds is 4. The van der Waals surface area contributed by atoms with Gasteiger partial charge in [0, 0.05) is 11.6 Å². The SMILES string of the molecule is Cc1ccc(-c2cc(CNC(=O)C3COc4ccccc4O3)no2)cc1. The monoisotopic (exact) mass is 350 g/mol. The van der Waals surface area contributed by atoms with Crippen LogP contribution >= 0.6 is 0 Å². The Labute approximate surface area is 150 Å². The van der Waals surface area contributed by atoms with Crippen molar-refractivity contribution in [3.8, 4) is 22.8 Å². The van der Waals surface area contributed by atoms with Gasteiger partial charge in [-0.05, 0) is 19.1 Å². The number of ether oxygens (including phenoxy) is 2. The van der Waals surface area contributed by atoms with Crippen LogP contribution in [0.5, 0.6) is 11.5 Å². The molecule has 6 heteroatoms. The van der Waals surface area contributed by atoms with Crippen LogP contribution in [0, 0.1) is 6.92 Å². The Morgan fingerprint density at radius 1 is 1.15 bits per heavy atom. The van der Waals surface area contributed by atoms with Crippen molar-refractivity contribution >= 4 is 5.91 Å². The van der Waals surface area contributed by atoms with Crippen molar-refractivity contribution in [3.63, 3.8) is 0 Å². The topological polar surface area (TPSA) is 73.6 Å². The summed E-state index contributed by atoms with van der Waals surface area (Å²) in [5.41, 5.74) is 2.77. The third-order valence-electron chi connectivity index (χ3n) is 4.14. The molecule has 1 N–H and O–H groups in total. The van der Waals surface area contributed by atoms with Crippen LogP contribution in [0.4, 0.5) is 0 Å². The van der Waals surface area contributed by atoms with E-state index in [0.29, 0.717) is 23.0 Å². The van der Waals surface area contributed by atoms with Gasteiger partial charge < -0.3 is 19.3 Å². The number of carbonyl (C=O) groups is 1. The molecule has 1 aliphatic rings. The molecule has 1 amide bonds. The first-order valence-corrected chi connectivity index (χ1v) is 8.38. The Bertz CT molecular complexity index is 918. The summed E-state index contributed by atoms with van der Waals surface area (Å²) in [6.07, 6.45) is -0.687. The average Bonchev–Trinajstić information content (AvgIpc) is 3.15. The molecule has 2 heterocycles. The minimum atomic E-state index is -0.687. The molecule has 4 rings (SSSR count). The van der Waals surface area contributed by atoms with Crippen LogP contribution in [0.15, 0.2) is 59.1 Å². The highest BCUT2D eigenvalue weighted by Gasteiger charge is 2.27. The van der Waals surface area contributed by atoms with Crippen LogP contribution in [0.1, 0.15) is 11.3 Å². The van der Waals surface area contributed by atoms with Crippen molar-refractivity contribution in [1.82, 2.24) is 10.5 Å². The maximum atomic E-state index is 12.3. The number of carbonyl (C=O) groups excluding carboxylic acids is 1. The zero-order valence-electron chi connectivity index (χ0n) is 14.3. The lowest BCUT2D eigenvalue weighted by atomic mass is 10.1. The van der Waals surface area contributed by atoms with Gasteiger partial charge in [0.2, 0.25) is 6.10 Å². The summed E-state index contributed by atoms with van der Waals surface area (Å²) in [7, 11) is 0. The smallest absolute Gasteiger partial charge is 0.265 e. The molecule has 0 saturated carbocycles. The Morgan fingerprint density at radius 2 is 1.92 bits per heavy atom. The van der Waals surface area contributed by atoms with Crippen molar-refractivity contribution in [2.24, 2.45) is 0 Å². The largest absolute Gasteiger partial charge is 0.485 e. The van der Waals surface area contributed by atoms with Gasteiger partial charge in [-0.2, -0.15) is 0 Å². The standard InChI is InChI=1S/C20H18N2O4/c1-13-6-8-14(9-7-13)18-10-15(22-26-18)11-21-20(23)19-12-24-16-4-2-3-5-17(16)25-19/h2-10,19H,11-12H2,1H3,(H,21,23). The molecule has 0 spiro atoms. The first kappa shape index (κ1) is 16.2. The molecule has 0 saturated heterocycles. The molecule has 1 unspecified atom stereocenters. The highest BCUT2D eigenvalue weighted by atomic mass is 16.6. The molecule has 1 atom stereocenters. The fourth-order valence-corrected chi connectivity index (χ4v) is 2.69. The summed E-state index contributed by atoms with van der Waals surface area (Å²) < 4.78 is 16.6. The molecule has 1 aliphatic heterocycles. The van der Waals surface area contributed by atoms with Gasteiger partial charge in [0.25, 0.3) is 5.91 Å². The second-order valence-electron chi connectivity index (χ2n) is 6.13.